The summed E-state index contributed by atoms with van der Waals surface area (Å²) in [6.45, 7) is 3.19. The fourth-order valence-corrected chi connectivity index (χ4v) is 2.21. The molecule has 1 aliphatic carbocycles. The molecular formula is C11H17N3O3. The van der Waals surface area contributed by atoms with Gasteiger partial charge in [0.2, 0.25) is 0 Å². The van der Waals surface area contributed by atoms with Crippen molar-refractivity contribution < 1.29 is 15.0 Å². The summed E-state index contributed by atoms with van der Waals surface area (Å²) in [4.78, 5) is 11.2. The topological polar surface area (TPSA) is 88.2 Å². The highest BCUT2D eigenvalue weighted by Gasteiger charge is 2.33. The van der Waals surface area contributed by atoms with Crippen LogP contribution in [0.15, 0.2) is 0 Å². The van der Waals surface area contributed by atoms with E-state index in [1.165, 1.54) is 6.92 Å². The number of rotatable bonds is 4. The predicted octanol–water partition coefficient (Wildman–Crippen LogP) is 0.861. The van der Waals surface area contributed by atoms with Crippen LogP contribution in [0.2, 0.25) is 0 Å². The molecule has 0 aliphatic heterocycles. The van der Waals surface area contributed by atoms with E-state index < -0.39 is 18.1 Å². The highest BCUT2D eigenvalue weighted by Crippen LogP contribution is 2.36. The smallest absolute Gasteiger partial charge is 0.329 e. The Morgan fingerprint density at radius 2 is 2.12 bits per heavy atom. The van der Waals surface area contributed by atoms with Gasteiger partial charge in [0, 0.05) is 5.92 Å². The summed E-state index contributed by atoms with van der Waals surface area (Å²) >= 11 is 0. The molecule has 2 N–H and O–H groups in total. The average molecular weight is 239 g/mol. The zero-order valence-corrected chi connectivity index (χ0v) is 10.00. The third kappa shape index (κ3) is 2.04. The van der Waals surface area contributed by atoms with Crippen LogP contribution in [0.4, 0.5) is 0 Å². The normalized spacial score (nSPS) is 19.7. The number of aromatic nitrogens is 3. The Hall–Kier alpha value is -1.43. The van der Waals surface area contributed by atoms with Gasteiger partial charge in [-0.2, -0.15) is 0 Å². The van der Waals surface area contributed by atoms with Crippen LogP contribution in [0.1, 0.15) is 49.8 Å². The molecule has 6 nitrogen and oxygen atoms in total. The van der Waals surface area contributed by atoms with Crippen molar-refractivity contribution in [2.45, 2.75) is 51.2 Å². The Morgan fingerprint density at radius 3 is 2.53 bits per heavy atom. The summed E-state index contributed by atoms with van der Waals surface area (Å²) < 4.78 is 1.57. The molecule has 0 bridgehead atoms. The summed E-state index contributed by atoms with van der Waals surface area (Å²) in [5.74, 6) is 0.475. The van der Waals surface area contributed by atoms with Gasteiger partial charge >= 0.3 is 5.97 Å². The van der Waals surface area contributed by atoms with Crippen molar-refractivity contribution in [2.75, 3.05) is 0 Å². The van der Waals surface area contributed by atoms with Crippen molar-refractivity contribution >= 4 is 5.97 Å². The van der Waals surface area contributed by atoms with Crippen LogP contribution in [0.3, 0.4) is 0 Å². The molecule has 0 spiro atoms. The maximum Gasteiger partial charge on any atom is 0.329 e. The lowest BCUT2D eigenvalue weighted by molar-refractivity contribution is -0.144. The average Bonchev–Trinajstić information content (AvgIpc) is 2.46. The van der Waals surface area contributed by atoms with Gasteiger partial charge in [0.1, 0.15) is 11.6 Å². The molecule has 1 aliphatic rings. The second-order valence-corrected chi connectivity index (χ2v) is 4.63. The highest BCUT2D eigenvalue weighted by molar-refractivity contribution is 5.72. The second kappa shape index (κ2) is 4.44. The molecule has 17 heavy (non-hydrogen) atoms. The van der Waals surface area contributed by atoms with Gasteiger partial charge in [0.05, 0.1) is 6.10 Å². The van der Waals surface area contributed by atoms with E-state index in [0.717, 1.165) is 19.3 Å². The third-order valence-corrected chi connectivity index (χ3v) is 3.35. The van der Waals surface area contributed by atoms with Crippen molar-refractivity contribution in [3.05, 3.63) is 11.6 Å². The molecule has 6 heteroatoms. The van der Waals surface area contributed by atoms with Gasteiger partial charge in [-0.3, -0.25) is 4.57 Å². The molecule has 1 saturated carbocycles. The van der Waals surface area contributed by atoms with E-state index in [2.05, 4.69) is 10.2 Å². The molecule has 94 valence electrons. The van der Waals surface area contributed by atoms with Crippen molar-refractivity contribution in [2.24, 2.45) is 0 Å². The van der Waals surface area contributed by atoms with Gasteiger partial charge in [0.15, 0.2) is 6.04 Å². The summed E-state index contributed by atoms with van der Waals surface area (Å²) in [6.07, 6.45) is 2.21. The molecule has 0 aromatic carbocycles. The predicted molar refractivity (Wildman–Crippen MR) is 59.7 cm³/mol. The molecule has 1 heterocycles. The Kier molecular flexibility index (Phi) is 3.15. The number of hydrogen-bond donors (Lipinski definition) is 2. The summed E-state index contributed by atoms with van der Waals surface area (Å²) in [5, 5.41) is 26.8. The number of carboxylic acids is 1. The Morgan fingerprint density at radius 1 is 1.47 bits per heavy atom. The molecule has 1 aromatic heterocycles. The number of aliphatic hydroxyl groups is 1. The molecule has 2 atom stereocenters. The lowest BCUT2D eigenvalue weighted by Gasteiger charge is -2.28. The molecule has 1 fully saturated rings. The minimum Gasteiger partial charge on any atom is -0.480 e. The van der Waals surface area contributed by atoms with Crippen LogP contribution in [0, 0.1) is 6.92 Å². The van der Waals surface area contributed by atoms with Crippen LogP contribution in [-0.4, -0.2) is 37.1 Å². The SMILES string of the molecule is Cc1nnc(C2CCC2)n1C(C(=O)O)C(C)O. The van der Waals surface area contributed by atoms with Crippen molar-refractivity contribution in [3.8, 4) is 0 Å². The third-order valence-electron chi connectivity index (χ3n) is 3.35. The van der Waals surface area contributed by atoms with E-state index >= 15 is 0 Å². The highest BCUT2D eigenvalue weighted by atomic mass is 16.4. The van der Waals surface area contributed by atoms with E-state index in [-0.39, 0.29) is 5.92 Å². The van der Waals surface area contributed by atoms with Gasteiger partial charge < -0.3 is 10.2 Å². The van der Waals surface area contributed by atoms with Gasteiger partial charge in [-0.1, -0.05) is 6.42 Å². The van der Waals surface area contributed by atoms with Crippen molar-refractivity contribution in [3.63, 3.8) is 0 Å². The molecule has 2 unspecified atom stereocenters. The number of nitrogens with zero attached hydrogens (tertiary/aromatic N) is 3. The molecule has 2 rings (SSSR count). The number of hydrogen-bond acceptors (Lipinski definition) is 4. The lowest BCUT2D eigenvalue weighted by atomic mass is 9.84. The van der Waals surface area contributed by atoms with Gasteiger partial charge in [-0.15, -0.1) is 10.2 Å². The molecule has 0 amide bonds. The van der Waals surface area contributed by atoms with E-state index in [4.69, 9.17) is 0 Å². The first-order chi connectivity index (χ1) is 8.02. The standard InChI is InChI=1S/C11H17N3O3/c1-6(15)9(11(16)17)14-7(2)12-13-10(14)8-4-3-5-8/h6,8-9,15H,3-5H2,1-2H3,(H,16,17). The number of aliphatic hydroxyl groups excluding tert-OH is 1. The van der Waals surface area contributed by atoms with Crippen LogP contribution in [0.25, 0.3) is 0 Å². The maximum absolute atomic E-state index is 11.2. The van der Waals surface area contributed by atoms with E-state index in [1.54, 1.807) is 11.5 Å². The van der Waals surface area contributed by atoms with Gasteiger partial charge in [-0.05, 0) is 26.7 Å². The van der Waals surface area contributed by atoms with Crippen LogP contribution in [-0.2, 0) is 4.79 Å². The molecule has 0 radical (unpaired) electrons. The minimum atomic E-state index is -1.05. The fourth-order valence-electron chi connectivity index (χ4n) is 2.21. The summed E-state index contributed by atoms with van der Waals surface area (Å²) in [7, 11) is 0. The van der Waals surface area contributed by atoms with Crippen LogP contribution in [0.5, 0.6) is 0 Å². The minimum absolute atomic E-state index is 0.289. The maximum atomic E-state index is 11.2. The Balaban J connectivity index is 2.40. The van der Waals surface area contributed by atoms with E-state index in [0.29, 0.717) is 11.6 Å². The van der Waals surface area contributed by atoms with Crippen LogP contribution >= 0.6 is 0 Å². The van der Waals surface area contributed by atoms with Crippen molar-refractivity contribution in [1.82, 2.24) is 14.8 Å². The number of aryl methyl sites for hydroxylation is 1. The lowest BCUT2D eigenvalue weighted by Crippen LogP contribution is -2.32. The number of carboxylic acid groups (broad SMARTS) is 1. The van der Waals surface area contributed by atoms with Gasteiger partial charge in [-0.25, -0.2) is 4.79 Å². The largest absolute Gasteiger partial charge is 0.480 e. The molecule has 0 saturated heterocycles. The Labute approximate surface area is 99.3 Å². The van der Waals surface area contributed by atoms with E-state index in [1.807, 2.05) is 0 Å². The molecular weight excluding hydrogens is 222 g/mol. The number of carbonyl (C=O) groups is 1. The van der Waals surface area contributed by atoms with E-state index in [9.17, 15) is 15.0 Å². The van der Waals surface area contributed by atoms with Crippen molar-refractivity contribution in [1.29, 1.82) is 0 Å². The fraction of sp³-hybridized carbons (Fsp3) is 0.727. The first kappa shape index (κ1) is 12.0. The summed E-state index contributed by atoms with van der Waals surface area (Å²) in [6, 6.07) is -0.999. The summed E-state index contributed by atoms with van der Waals surface area (Å²) in [5.41, 5.74) is 0. The molecule has 1 aromatic rings. The first-order valence-corrected chi connectivity index (χ1v) is 5.84. The second-order valence-electron chi connectivity index (χ2n) is 4.63. The zero-order chi connectivity index (χ0) is 12.6. The van der Waals surface area contributed by atoms with Gasteiger partial charge in [0.25, 0.3) is 0 Å². The number of aliphatic carboxylic acids is 1. The Bertz CT molecular complexity index is 424. The zero-order valence-electron chi connectivity index (χ0n) is 10.00. The van der Waals surface area contributed by atoms with Crippen LogP contribution < -0.4 is 0 Å². The quantitative estimate of drug-likeness (QED) is 0.813. The first-order valence-electron chi connectivity index (χ1n) is 5.84. The monoisotopic (exact) mass is 239 g/mol.